The van der Waals surface area contributed by atoms with E-state index in [0.29, 0.717) is 50.8 Å². The van der Waals surface area contributed by atoms with Gasteiger partial charge in [-0.15, -0.1) is 0 Å². The number of carboxylic acid groups (broad SMARTS) is 1. The predicted octanol–water partition coefficient (Wildman–Crippen LogP) is 2.33. The SMILES string of the molecule is CC(C)(C)N1CCN(C(=O)O)[C@H](C(=O)N2CCN(c3nc4ccc(Cl)cc4[nH]3)CC2)C1. The standard InChI is InChI=1S/C21H29ClN6O3/c1-21(2,3)27-10-11-28(20(30)31)17(13-27)18(29)25-6-8-26(9-7-25)19-23-15-5-4-14(22)12-16(15)24-19/h4-5,12,17H,6-11,13H2,1-3H3,(H,23,24)(H,30,31)/t17-/m0/s1. The molecule has 0 bridgehead atoms. The molecule has 0 unspecified atom stereocenters. The fourth-order valence-corrected chi connectivity index (χ4v) is 4.47. The molecule has 2 saturated heterocycles. The Morgan fingerprint density at radius 2 is 1.84 bits per heavy atom. The molecule has 9 nitrogen and oxygen atoms in total. The second-order valence-electron chi connectivity index (χ2n) is 9.14. The van der Waals surface area contributed by atoms with Gasteiger partial charge in [-0.2, -0.15) is 0 Å². The number of carbonyl (C=O) groups excluding carboxylic acids is 1. The van der Waals surface area contributed by atoms with Gasteiger partial charge in [-0.3, -0.25) is 14.6 Å². The highest BCUT2D eigenvalue weighted by atomic mass is 35.5. The van der Waals surface area contributed by atoms with E-state index in [9.17, 15) is 14.7 Å². The van der Waals surface area contributed by atoms with Crippen LogP contribution in [-0.4, -0.2) is 99.2 Å². The van der Waals surface area contributed by atoms with Gasteiger partial charge in [-0.25, -0.2) is 9.78 Å². The van der Waals surface area contributed by atoms with Gasteiger partial charge < -0.3 is 19.9 Å². The molecule has 10 heteroatoms. The maximum atomic E-state index is 13.3. The second-order valence-corrected chi connectivity index (χ2v) is 9.58. The summed E-state index contributed by atoms with van der Waals surface area (Å²) in [6, 6.07) is 4.86. The molecule has 2 amide bonds. The van der Waals surface area contributed by atoms with E-state index in [1.165, 1.54) is 4.90 Å². The summed E-state index contributed by atoms with van der Waals surface area (Å²) in [7, 11) is 0. The zero-order valence-corrected chi connectivity index (χ0v) is 18.9. The summed E-state index contributed by atoms with van der Waals surface area (Å²) in [5.74, 6) is 0.639. The van der Waals surface area contributed by atoms with E-state index in [-0.39, 0.29) is 11.4 Å². The molecule has 0 aliphatic carbocycles. The summed E-state index contributed by atoms with van der Waals surface area (Å²) >= 11 is 6.06. The number of piperazine rings is 2. The lowest BCUT2D eigenvalue weighted by Gasteiger charge is -2.46. The van der Waals surface area contributed by atoms with Crippen molar-refractivity contribution in [3.8, 4) is 0 Å². The Labute approximate surface area is 186 Å². The van der Waals surface area contributed by atoms with Crippen LogP contribution in [0.5, 0.6) is 0 Å². The van der Waals surface area contributed by atoms with Gasteiger partial charge in [0.25, 0.3) is 0 Å². The van der Waals surface area contributed by atoms with Crippen molar-refractivity contribution >= 4 is 40.6 Å². The molecule has 4 rings (SSSR count). The number of aromatic nitrogens is 2. The lowest BCUT2D eigenvalue weighted by Crippen LogP contribution is -2.65. The number of benzene rings is 1. The highest BCUT2D eigenvalue weighted by molar-refractivity contribution is 6.31. The summed E-state index contributed by atoms with van der Waals surface area (Å²) in [4.78, 5) is 40.3. The van der Waals surface area contributed by atoms with E-state index >= 15 is 0 Å². The molecule has 1 atom stereocenters. The molecule has 1 aromatic heterocycles. The van der Waals surface area contributed by atoms with Gasteiger partial charge in [0, 0.05) is 56.4 Å². The van der Waals surface area contributed by atoms with Crippen molar-refractivity contribution in [2.24, 2.45) is 0 Å². The molecule has 2 aliphatic rings. The number of H-pyrrole nitrogens is 1. The van der Waals surface area contributed by atoms with Gasteiger partial charge in [0.1, 0.15) is 6.04 Å². The van der Waals surface area contributed by atoms with E-state index < -0.39 is 12.1 Å². The third kappa shape index (κ3) is 4.43. The van der Waals surface area contributed by atoms with Crippen LogP contribution in [0, 0.1) is 0 Å². The average Bonchev–Trinajstić information content (AvgIpc) is 3.15. The first kappa shape index (κ1) is 21.7. The fraction of sp³-hybridized carbons (Fsp3) is 0.571. The normalized spacial score (nSPS) is 21.0. The van der Waals surface area contributed by atoms with E-state index in [1.807, 2.05) is 18.2 Å². The molecule has 31 heavy (non-hydrogen) atoms. The summed E-state index contributed by atoms with van der Waals surface area (Å²) in [6.07, 6.45) is -1.04. The Morgan fingerprint density at radius 3 is 2.48 bits per heavy atom. The number of rotatable bonds is 2. The molecular weight excluding hydrogens is 420 g/mol. The van der Waals surface area contributed by atoms with Crippen LogP contribution in [0.1, 0.15) is 20.8 Å². The van der Waals surface area contributed by atoms with Gasteiger partial charge in [0.2, 0.25) is 11.9 Å². The lowest BCUT2D eigenvalue weighted by atomic mass is 10.0. The number of amides is 2. The Balaban J connectivity index is 1.44. The zero-order chi connectivity index (χ0) is 22.3. The summed E-state index contributed by atoms with van der Waals surface area (Å²) in [5.41, 5.74) is 1.61. The molecule has 1 aromatic carbocycles. The quantitative estimate of drug-likeness (QED) is 0.732. The highest BCUT2D eigenvalue weighted by Crippen LogP contribution is 2.24. The fourth-order valence-electron chi connectivity index (χ4n) is 4.30. The minimum Gasteiger partial charge on any atom is -0.465 e. The maximum Gasteiger partial charge on any atom is 0.408 e. The van der Waals surface area contributed by atoms with Crippen molar-refractivity contribution in [3.05, 3.63) is 23.2 Å². The minimum atomic E-state index is -1.04. The number of anilines is 1. The number of fused-ring (bicyclic) bond motifs is 1. The van der Waals surface area contributed by atoms with Crippen LogP contribution in [0.15, 0.2) is 18.2 Å². The van der Waals surface area contributed by atoms with Crippen molar-refractivity contribution in [1.29, 1.82) is 0 Å². The van der Waals surface area contributed by atoms with E-state index in [4.69, 9.17) is 11.6 Å². The van der Waals surface area contributed by atoms with E-state index in [0.717, 1.165) is 17.0 Å². The zero-order valence-electron chi connectivity index (χ0n) is 18.1. The molecule has 168 valence electrons. The Kier molecular flexibility index (Phi) is 5.74. The van der Waals surface area contributed by atoms with Crippen LogP contribution in [0.25, 0.3) is 11.0 Å². The van der Waals surface area contributed by atoms with Crippen LogP contribution >= 0.6 is 11.6 Å². The summed E-state index contributed by atoms with van der Waals surface area (Å²) in [6.45, 7) is 9.95. The molecule has 0 spiro atoms. The second kappa shape index (κ2) is 8.20. The van der Waals surface area contributed by atoms with Gasteiger partial charge >= 0.3 is 6.09 Å². The summed E-state index contributed by atoms with van der Waals surface area (Å²) < 4.78 is 0. The monoisotopic (exact) mass is 448 g/mol. The van der Waals surface area contributed by atoms with E-state index in [1.54, 1.807) is 4.90 Å². The molecule has 2 aliphatic heterocycles. The Hall–Kier alpha value is -2.52. The first-order valence-electron chi connectivity index (χ1n) is 10.6. The first-order valence-corrected chi connectivity index (χ1v) is 10.9. The Bertz CT molecular complexity index is 979. The number of imidazole rings is 1. The molecule has 2 aromatic rings. The van der Waals surface area contributed by atoms with Crippen LogP contribution in [0.3, 0.4) is 0 Å². The van der Waals surface area contributed by atoms with Gasteiger partial charge in [-0.1, -0.05) is 11.6 Å². The third-order valence-electron chi connectivity index (χ3n) is 6.18. The van der Waals surface area contributed by atoms with Crippen molar-refractivity contribution in [1.82, 2.24) is 24.7 Å². The number of halogens is 1. The van der Waals surface area contributed by atoms with Crippen LogP contribution < -0.4 is 4.90 Å². The van der Waals surface area contributed by atoms with Crippen molar-refractivity contribution in [3.63, 3.8) is 0 Å². The molecule has 2 N–H and O–H groups in total. The molecule has 3 heterocycles. The van der Waals surface area contributed by atoms with Crippen LogP contribution in [0.4, 0.5) is 10.7 Å². The third-order valence-corrected chi connectivity index (χ3v) is 6.42. The molecule has 0 saturated carbocycles. The highest BCUT2D eigenvalue weighted by Gasteiger charge is 2.41. The first-order chi connectivity index (χ1) is 14.6. The number of nitrogens with zero attached hydrogens (tertiary/aromatic N) is 5. The molecule has 0 radical (unpaired) electrons. The number of carbonyl (C=O) groups is 2. The smallest absolute Gasteiger partial charge is 0.408 e. The van der Waals surface area contributed by atoms with Crippen molar-refractivity contribution in [2.45, 2.75) is 32.4 Å². The lowest BCUT2D eigenvalue weighted by molar-refractivity contribution is -0.139. The number of hydrogen-bond acceptors (Lipinski definition) is 5. The topological polar surface area (TPSA) is 96.0 Å². The van der Waals surface area contributed by atoms with Gasteiger partial charge in [0.15, 0.2) is 0 Å². The largest absolute Gasteiger partial charge is 0.465 e. The van der Waals surface area contributed by atoms with Crippen molar-refractivity contribution < 1.29 is 14.7 Å². The summed E-state index contributed by atoms with van der Waals surface area (Å²) in [5, 5.41) is 10.3. The Morgan fingerprint density at radius 1 is 1.13 bits per heavy atom. The van der Waals surface area contributed by atoms with Crippen LogP contribution in [-0.2, 0) is 4.79 Å². The number of nitrogens with one attached hydrogen (secondary N) is 1. The predicted molar refractivity (Wildman–Crippen MR) is 120 cm³/mol. The number of aromatic amines is 1. The van der Waals surface area contributed by atoms with E-state index in [2.05, 4.69) is 40.5 Å². The van der Waals surface area contributed by atoms with Crippen LogP contribution in [0.2, 0.25) is 5.02 Å². The molecular formula is C21H29ClN6O3. The van der Waals surface area contributed by atoms with Gasteiger partial charge in [0.05, 0.1) is 11.0 Å². The minimum absolute atomic E-state index is 0.118. The maximum absolute atomic E-state index is 13.3. The molecule has 2 fully saturated rings. The number of hydrogen-bond donors (Lipinski definition) is 2. The van der Waals surface area contributed by atoms with Gasteiger partial charge in [-0.05, 0) is 39.0 Å². The average molecular weight is 449 g/mol. The van der Waals surface area contributed by atoms with Crippen molar-refractivity contribution in [2.75, 3.05) is 50.7 Å².